The van der Waals surface area contributed by atoms with Gasteiger partial charge in [0, 0.05) is 26.2 Å². The van der Waals surface area contributed by atoms with Gasteiger partial charge in [-0.25, -0.2) is 15.0 Å². The lowest BCUT2D eigenvalue weighted by Gasteiger charge is -2.10. The third kappa shape index (κ3) is 4.38. The zero-order valence-corrected chi connectivity index (χ0v) is 18.8. The molecule has 2 aromatic carbocycles. The first-order valence-corrected chi connectivity index (χ1v) is 10.7. The fraction of sp³-hybridized carbons (Fsp3) is 0.208. The van der Waals surface area contributed by atoms with E-state index in [1.807, 2.05) is 30.3 Å². The van der Waals surface area contributed by atoms with Crippen molar-refractivity contribution in [1.29, 1.82) is 0 Å². The van der Waals surface area contributed by atoms with Gasteiger partial charge in [-0.05, 0) is 18.4 Å². The summed E-state index contributed by atoms with van der Waals surface area (Å²) in [6, 6.07) is 18.4. The van der Waals surface area contributed by atoms with Gasteiger partial charge in [0.1, 0.15) is 0 Å². The number of hydrogen-bond acceptors (Lipinski definition) is 6. The Labute approximate surface area is 194 Å². The number of nitrogens with zero attached hydrogens (tertiary/aromatic N) is 5. The van der Waals surface area contributed by atoms with Crippen LogP contribution in [0.1, 0.15) is 17.5 Å². The van der Waals surface area contributed by atoms with Crippen molar-refractivity contribution in [2.24, 2.45) is 19.2 Å². The summed E-state index contributed by atoms with van der Waals surface area (Å²) in [6.45, 7) is 0.407. The molecule has 2 aromatic heterocycles. The van der Waals surface area contributed by atoms with E-state index in [4.69, 9.17) is 0 Å². The minimum atomic E-state index is -1.21. The van der Waals surface area contributed by atoms with Gasteiger partial charge in [0.05, 0.1) is 0 Å². The highest BCUT2D eigenvalue weighted by Gasteiger charge is 2.20. The fourth-order valence-electron chi connectivity index (χ4n) is 3.77. The monoisotopic (exact) mass is 460 g/mol. The largest absolute Gasteiger partial charge is 0.476 e. The van der Waals surface area contributed by atoms with Crippen LogP contribution in [-0.4, -0.2) is 35.5 Å². The lowest BCUT2D eigenvalue weighted by Crippen LogP contribution is -2.37. The van der Waals surface area contributed by atoms with Crippen LogP contribution in [0.2, 0.25) is 0 Å². The summed E-state index contributed by atoms with van der Waals surface area (Å²) in [5.41, 5.74) is 3.53. The summed E-state index contributed by atoms with van der Waals surface area (Å²) < 4.78 is 3.96. The number of carboxylic acids is 1. The third-order valence-electron chi connectivity index (χ3n) is 5.56. The SMILES string of the molecule is Cn1c(=O)c2c(nc(N/N=C(\C(=O)O)c3ccccc3)n2CCCc2ccccc2)n(C)c1=O. The van der Waals surface area contributed by atoms with E-state index in [0.717, 1.165) is 16.6 Å². The Kier molecular flexibility index (Phi) is 6.39. The molecule has 0 aliphatic rings. The summed E-state index contributed by atoms with van der Waals surface area (Å²) in [5.74, 6) is -1.04. The van der Waals surface area contributed by atoms with E-state index >= 15 is 0 Å². The molecule has 0 saturated carbocycles. The molecule has 0 unspecified atom stereocenters. The van der Waals surface area contributed by atoms with Crippen molar-refractivity contribution in [2.75, 3.05) is 5.43 Å². The van der Waals surface area contributed by atoms with Gasteiger partial charge in [-0.2, -0.15) is 10.1 Å². The highest BCUT2D eigenvalue weighted by atomic mass is 16.4. The Bertz CT molecular complexity index is 1480. The van der Waals surface area contributed by atoms with E-state index in [0.29, 0.717) is 18.5 Å². The zero-order valence-electron chi connectivity index (χ0n) is 18.8. The lowest BCUT2D eigenvalue weighted by molar-refractivity contribution is -0.129. The lowest BCUT2D eigenvalue weighted by atomic mass is 10.1. The molecule has 4 aromatic rings. The van der Waals surface area contributed by atoms with Gasteiger partial charge in [-0.15, -0.1) is 0 Å². The van der Waals surface area contributed by atoms with Gasteiger partial charge >= 0.3 is 11.7 Å². The second kappa shape index (κ2) is 9.57. The smallest absolute Gasteiger partial charge is 0.356 e. The van der Waals surface area contributed by atoms with Crippen LogP contribution in [0.25, 0.3) is 11.2 Å². The number of carbonyl (C=O) groups is 1. The van der Waals surface area contributed by atoms with Crippen LogP contribution in [0, 0.1) is 0 Å². The average molecular weight is 460 g/mol. The molecule has 4 rings (SSSR count). The fourth-order valence-corrected chi connectivity index (χ4v) is 3.77. The summed E-state index contributed by atoms with van der Waals surface area (Å²) in [4.78, 5) is 41.6. The molecule has 0 spiro atoms. The van der Waals surface area contributed by atoms with Crippen molar-refractivity contribution in [3.8, 4) is 0 Å². The molecule has 2 N–H and O–H groups in total. The number of rotatable bonds is 8. The molecule has 34 heavy (non-hydrogen) atoms. The molecule has 0 atom stereocenters. The van der Waals surface area contributed by atoms with Crippen LogP contribution in [0.15, 0.2) is 75.4 Å². The molecule has 0 aliphatic carbocycles. The van der Waals surface area contributed by atoms with Crippen molar-refractivity contribution in [1.82, 2.24) is 18.7 Å². The summed E-state index contributed by atoms with van der Waals surface area (Å²) in [7, 11) is 2.94. The Morgan fingerprint density at radius 2 is 1.65 bits per heavy atom. The summed E-state index contributed by atoms with van der Waals surface area (Å²) in [5, 5.41) is 13.7. The Morgan fingerprint density at radius 3 is 2.29 bits per heavy atom. The first-order chi connectivity index (χ1) is 16.4. The molecule has 10 nitrogen and oxygen atoms in total. The number of aromatic nitrogens is 4. The highest BCUT2D eigenvalue weighted by molar-refractivity contribution is 6.42. The minimum Gasteiger partial charge on any atom is -0.476 e. The highest BCUT2D eigenvalue weighted by Crippen LogP contribution is 2.17. The van der Waals surface area contributed by atoms with Gasteiger partial charge in [-0.3, -0.25) is 13.9 Å². The van der Waals surface area contributed by atoms with E-state index in [9.17, 15) is 19.5 Å². The molecule has 10 heteroatoms. The number of nitrogens with one attached hydrogen (secondary N) is 1. The van der Waals surface area contributed by atoms with Crippen LogP contribution < -0.4 is 16.7 Å². The van der Waals surface area contributed by atoms with Gasteiger partial charge in [0.15, 0.2) is 16.9 Å². The number of aryl methyl sites for hydroxylation is 3. The van der Waals surface area contributed by atoms with Crippen molar-refractivity contribution in [2.45, 2.75) is 19.4 Å². The van der Waals surface area contributed by atoms with Gasteiger partial charge < -0.3 is 9.67 Å². The topological polar surface area (TPSA) is 124 Å². The van der Waals surface area contributed by atoms with Gasteiger partial charge in [-0.1, -0.05) is 60.7 Å². The number of fused-ring (bicyclic) bond motifs is 1. The van der Waals surface area contributed by atoms with Crippen LogP contribution in [0.4, 0.5) is 5.95 Å². The van der Waals surface area contributed by atoms with Crippen molar-refractivity contribution in [3.63, 3.8) is 0 Å². The number of aliphatic carboxylic acids is 1. The first-order valence-electron chi connectivity index (χ1n) is 10.7. The van der Waals surface area contributed by atoms with E-state index in [1.54, 1.807) is 34.9 Å². The van der Waals surface area contributed by atoms with Crippen LogP contribution in [0.5, 0.6) is 0 Å². The van der Waals surface area contributed by atoms with E-state index in [-0.39, 0.29) is 22.8 Å². The van der Waals surface area contributed by atoms with Crippen LogP contribution >= 0.6 is 0 Å². The normalized spacial score (nSPS) is 11.6. The van der Waals surface area contributed by atoms with Gasteiger partial charge in [0.2, 0.25) is 5.95 Å². The summed E-state index contributed by atoms with van der Waals surface area (Å²) >= 11 is 0. The van der Waals surface area contributed by atoms with Crippen molar-refractivity contribution >= 4 is 28.8 Å². The molecule has 0 fully saturated rings. The summed E-state index contributed by atoms with van der Waals surface area (Å²) in [6.07, 6.45) is 1.45. The van der Waals surface area contributed by atoms with Crippen molar-refractivity contribution in [3.05, 3.63) is 92.6 Å². The standard InChI is InChI=1S/C24H24N6O4/c1-28-20-19(21(31)29(2)24(28)34)30(15-9-12-16-10-5-3-6-11-16)23(25-20)27-26-18(22(32)33)17-13-7-4-8-14-17/h3-8,10-11,13-14H,9,12,15H2,1-2H3,(H,25,27)(H,32,33)/b26-18-. The number of anilines is 1. The second-order valence-electron chi connectivity index (χ2n) is 7.80. The molecule has 0 saturated heterocycles. The third-order valence-corrected chi connectivity index (χ3v) is 5.56. The molecular formula is C24H24N6O4. The quantitative estimate of drug-likeness (QED) is 0.306. The maximum atomic E-state index is 13.0. The number of hydrazone groups is 1. The zero-order chi connectivity index (χ0) is 24.2. The molecule has 0 bridgehead atoms. The maximum absolute atomic E-state index is 13.0. The number of carboxylic acid groups (broad SMARTS) is 1. The van der Waals surface area contributed by atoms with Crippen LogP contribution in [-0.2, 0) is 31.9 Å². The molecule has 174 valence electrons. The Balaban J connectivity index is 1.77. The minimum absolute atomic E-state index is 0.177. The van der Waals surface area contributed by atoms with E-state index < -0.39 is 17.2 Å². The number of hydrogen-bond donors (Lipinski definition) is 2. The first kappa shape index (κ1) is 22.7. The second-order valence-corrected chi connectivity index (χ2v) is 7.80. The van der Waals surface area contributed by atoms with E-state index in [1.165, 1.54) is 18.7 Å². The molecule has 0 radical (unpaired) electrons. The molecule has 0 aliphatic heterocycles. The van der Waals surface area contributed by atoms with Crippen molar-refractivity contribution < 1.29 is 9.90 Å². The Morgan fingerprint density at radius 1 is 1.00 bits per heavy atom. The average Bonchev–Trinajstić information content (AvgIpc) is 3.21. The molecular weight excluding hydrogens is 436 g/mol. The number of imidazole rings is 1. The molecule has 2 heterocycles. The Hall–Kier alpha value is -4.47. The maximum Gasteiger partial charge on any atom is 0.356 e. The van der Waals surface area contributed by atoms with Crippen LogP contribution in [0.3, 0.4) is 0 Å². The van der Waals surface area contributed by atoms with E-state index in [2.05, 4.69) is 15.5 Å². The predicted molar refractivity (Wildman–Crippen MR) is 129 cm³/mol. The molecule has 0 amide bonds. The number of benzene rings is 2. The van der Waals surface area contributed by atoms with Gasteiger partial charge in [0.25, 0.3) is 5.56 Å². The predicted octanol–water partition coefficient (Wildman–Crippen LogP) is 1.97.